The normalized spacial score (nSPS) is 22.0. The van der Waals surface area contributed by atoms with Gasteiger partial charge in [-0.05, 0) is 48.2 Å². The van der Waals surface area contributed by atoms with E-state index in [0.29, 0.717) is 18.3 Å². The fourth-order valence-corrected chi connectivity index (χ4v) is 6.57. The largest absolute Gasteiger partial charge is 0.497 e. The van der Waals surface area contributed by atoms with Gasteiger partial charge in [-0.15, -0.1) is 0 Å². The van der Waals surface area contributed by atoms with Crippen molar-refractivity contribution in [1.82, 2.24) is 9.80 Å². The van der Waals surface area contributed by atoms with Crippen LogP contribution >= 0.6 is 11.8 Å². The van der Waals surface area contributed by atoms with E-state index in [9.17, 15) is 4.79 Å². The smallest absolute Gasteiger partial charge is 0.321 e. The second kappa shape index (κ2) is 11.2. The number of aliphatic hydroxyl groups excluding tert-OH is 1. The molecule has 2 aliphatic rings. The molecule has 2 unspecified atom stereocenters. The number of rotatable bonds is 11. The van der Waals surface area contributed by atoms with Crippen molar-refractivity contribution in [3.63, 3.8) is 0 Å². The molecule has 0 radical (unpaired) electrons. The average molecular weight is 471 g/mol. The molecule has 1 N–H and O–H groups in total. The Hall–Kier alpha value is -2.38. The highest BCUT2D eigenvalue weighted by molar-refractivity contribution is 8.00. The molecule has 3 atom stereocenters. The molecule has 4 rings (SSSR count). The summed E-state index contributed by atoms with van der Waals surface area (Å²) in [7, 11) is 3.33. The summed E-state index contributed by atoms with van der Waals surface area (Å²) in [5, 5.41) is 9.54. The van der Waals surface area contributed by atoms with E-state index in [1.165, 1.54) is 0 Å². The number of methoxy groups -OCH3 is 2. The fraction of sp³-hybridized carbons (Fsp3) is 0.500. The number of urea groups is 1. The van der Waals surface area contributed by atoms with Gasteiger partial charge in [-0.3, -0.25) is 0 Å². The van der Waals surface area contributed by atoms with Crippen LogP contribution in [-0.2, 0) is 13.1 Å². The molecule has 0 aliphatic carbocycles. The number of thioether (sulfide) groups is 1. The summed E-state index contributed by atoms with van der Waals surface area (Å²) in [5.74, 6) is 2.62. The number of carbonyl (C=O) groups is 1. The van der Waals surface area contributed by atoms with Gasteiger partial charge in [0.05, 0.1) is 26.3 Å². The lowest BCUT2D eigenvalue weighted by Gasteiger charge is -2.27. The Bertz CT molecular complexity index is 906. The lowest BCUT2D eigenvalue weighted by Crippen LogP contribution is -2.40. The number of amides is 2. The maximum absolute atomic E-state index is 13.7. The molecule has 6 nitrogen and oxygen atoms in total. The van der Waals surface area contributed by atoms with Gasteiger partial charge < -0.3 is 24.4 Å². The molecule has 33 heavy (non-hydrogen) atoms. The van der Waals surface area contributed by atoms with Gasteiger partial charge >= 0.3 is 6.03 Å². The Morgan fingerprint density at radius 3 is 2.00 bits per heavy atom. The van der Waals surface area contributed by atoms with Crippen LogP contribution in [0, 0.1) is 0 Å². The summed E-state index contributed by atoms with van der Waals surface area (Å²) in [6.07, 6.45) is 4.05. The van der Waals surface area contributed by atoms with Crippen molar-refractivity contribution < 1.29 is 19.4 Å². The Balaban J connectivity index is 1.53. The number of fused-ring (bicyclic) bond motifs is 1. The molecule has 2 aliphatic heterocycles. The molecule has 2 saturated heterocycles. The van der Waals surface area contributed by atoms with Crippen LogP contribution in [0.1, 0.15) is 36.8 Å². The third kappa shape index (κ3) is 5.41. The Kier molecular flexibility index (Phi) is 8.04. The number of unbranched alkanes of at least 4 members (excludes halogenated alkanes) is 2. The molecule has 178 valence electrons. The molecular weight excluding hydrogens is 436 g/mol. The Morgan fingerprint density at radius 2 is 1.45 bits per heavy atom. The Labute approximate surface area is 200 Å². The third-order valence-corrected chi connectivity index (χ3v) is 8.16. The summed E-state index contributed by atoms with van der Waals surface area (Å²) in [4.78, 5) is 17.8. The van der Waals surface area contributed by atoms with Crippen molar-refractivity contribution in [3.05, 3.63) is 59.7 Å². The first-order chi connectivity index (χ1) is 16.1. The van der Waals surface area contributed by atoms with Gasteiger partial charge in [0.2, 0.25) is 0 Å². The predicted molar refractivity (Wildman–Crippen MR) is 132 cm³/mol. The minimum absolute atomic E-state index is 0.122. The van der Waals surface area contributed by atoms with E-state index in [1.54, 1.807) is 14.2 Å². The fourth-order valence-electron chi connectivity index (χ4n) is 4.89. The SMILES string of the molecule is COc1ccc(CN2C(=O)N(Cc3ccc(OC)cc3)C3C2CS[C@H]3CCCCCO)cc1. The molecule has 7 heteroatoms. The number of ether oxygens (including phenoxy) is 2. The third-order valence-electron chi connectivity index (χ3n) is 6.68. The molecule has 2 fully saturated rings. The summed E-state index contributed by atoms with van der Waals surface area (Å²) in [6.45, 7) is 1.47. The van der Waals surface area contributed by atoms with Crippen LogP contribution in [0.2, 0.25) is 0 Å². The standard InChI is InChI=1S/C26H34N2O4S/c1-31-21-11-7-19(8-12-21)16-27-23-18-33-24(6-4-3-5-15-29)25(23)28(26(27)30)17-20-9-13-22(32-2)14-10-20/h7-14,23-25,29H,3-6,15-18H2,1-2H3/t23?,24-,25?/m0/s1. The van der Waals surface area contributed by atoms with Crippen molar-refractivity contribution in [2.24, 2.45) is 0 Å². The minimum Gasteiger partial charge on any atom is -0.497 e. The quantitative estimate of drug-likeness (QED) is 0.386. The number of aliphatic hydroxyl groups is 1. The van der Waals surface area contributed by atoms with Crippen molar-refractivity contribution >= 4 is 17.8 Å². The first-order valence-electron chi connectivity index (χ1n) is 11.7. The van der Waals surface area contributed by atoms with E-state index < -0.39 is 0 Å². The zero-order valence-electron chi connectivity index (χ0n) is 19.5. The highest BCUT2D eigenvalue weighted by Gasteiger charge is 2.52. The first-order valence-corrected chi connectivity index (χ1v) is 12.7. The summed E-state index contributed by atoms with van der Waals surface area (Å²) in [6, 6.07) is 16.5. The number of hydrogen-bond donors (Lipinski definition) is 1. The summed E-state index contributed by atoms with van der Waals surface area (Å²) in [5.41, 5.74) is 2.23. The maximum atomic E-state index is 13.7. The van der Waals surface area contributed by atoms with E-state index in [2.05, 4.69) is 9.80 Å². The van der Waals surface area contributed by atoms with E-state index in [1.807, 2.05) is 60.3 Å². The number of hydrogen-bond acceptors (Lipinski definition) is 5. The van der Waals surface area contributed by atoms with E-state index in [4.69, 9.17) is 14.6 Å². The molecule has 0 spiro atoms. The van der Waals surface area contributed by atoms with Crippen LogP contribution in [0.4, 0.5) is 4.79 Å². The van der Waals surface area contributed by atoms with Gasteiger partial charge in [0.25, 0.3) is 0 Å². The molecule has 0 aromatic heterocycles. The summed E-state index contributed by atoms with van der Waals surface area (Å²) >= 11 is 2.00. The summed E-state index contributed by atoms with van der Waals surface area (Å²) < 4.78 is 10.6. The van der Waals surface area contributed by atoms with E-state index >= 15 is 0 Å². The van der Waals surface area contributed by atoms with Gasteiger partial charge in [-0.25, -0.2) is 4.79 Å². The van der Waals surface area contributed by atoms with Gasteiger partial charge in [0.15, 0.2) is 0 Å². The zero-order chi connectivity index (χ0) is 23.2. The van der Waals surface area contributed by atoms with Crippen LogP contribution in [0.3, 0.4) is 0 Å². The molecule has 2 amide bonds. The number of nitrogens with zero attached hydrogens (tertiary/aromatic N) is 2. The van der Waals surface area contributed by atoms with Gasteiger partial charge in [0, 0.05) is 30.7 Å². The highest BCUT2D eigenvalue weighted by Crippen LogP contribution is 2.43. The topological polar surface area (TPSA) is 62.2 Å². The van der Waals surface area contributed by atoms with Gasteiger partial charge in [-0.2, -0.15) is 11.8 Å². The molecule has 2 heterocycles. The average Bonchev–Trinajstić information content (AvgIpc) is 3.37. The van der Waals surface area contributed by atoms with E-state index in [0.717, 1.165) is 54.1 Å². The molecule has 2 aromatic rings. The molecule has 0 bridgehead atoms. The van der Waals surface area contributed by atoms with Crippen LogP contribution in [0.25, 0.3) is 0 Å². The highest BCUT2D eigenvalue weighted by atomic mass is 32.2. The van der Waals surface area contributed by atoms with E-state index in [-0.39, 0.29) is 24.7 Å². The monoisotopic (exact) mass is 470 g/mol. The van der Waals surface area contributed by atoms with Crippen molar-refractivity contribution in [3.8, 4) is 11.5 Å². The zero-order valence-corrected chi connectivity index (χ0v) is 20.3. The minimum atomic E-state index is 0.122. The lowest BCUT2D eigenvalue weighted by atomic mass is 10.0. The van der Waals surface area contributed by atoms with Gasteiger partial charge in [0.1, 0.15) is 11.5 Å². The predicted octanol–water partition coefficient (Wildman–Crippen LogP) is 4.55. The second-order valence-electron chi connectivity index (χ2n) is 8.74. The van der Waals surface area contributed by atoms with Crippen molar-refractivity contribution in [2.75, 3.05) is 26.6 Å². The molecule has 2 aromatic carbocycles. The van der Waals surface area contributed by atoms with Crippen LogP contribution < -0.4 is 9.47 Å². The second-order valence-corrected chi connectivity index (χ2v) is 10.0. The van der Waals surface area contributed by atoms with Crippen molar-refractivity contribution in [1.29, 1.82) is 0 Å². The van der Waals surface area contributed by atoms with Crippen LogP contribution in [0.15, 0.2) is 48.5 Å². The number of carbonyl (C=O) groups excluding carboxylic acids is 1. The van der Waals surface area contributed by atoms with Crippen molar-refractivity contribution in [2.45, 2.75) is 56.1 Å². The van der Waals surface area contributed by atoms with Gasteiger partial charge in [-0.1, -0.05) is 37.1 Å². The maximum Gasteiger partial charge on any atom is 0.321 e. The first kappa shape index (κ1) is 23.8. The van der Waals surface area contributed by atoms with Crippen LogP contribution in [0.5, 0.6) is 11.5 Å². The lowest BCUT2D eigenvalue weighted by molar-refractivity contribution is 0.180. The molecule has 0 saturated carbocycles. The number of benzene rings is 2. The molecular formula is C26H34N2O4S. The Morgan fingerprint density at radius 1 is 0.879 bits per heavy atom. The van der Waals surface area contributed by atoms with Crippen LogP contribution in [-0.4, -0.2) is 64.9 Å².